The summed E-state index contributed by atoms with van der Waals surface area (Å²) in [6, 6.07) is 11.2. The molecule has 23 heavy (non-hydrogen) atoms. The van der Waals surface area contributed by atoms with Crippen molar-refractivity contribution in [1.29, 1.82) is 0 Å². The molecule has 1 aromatic heterocycles. The fraction of sp³-hybridized carbons (Fsp3) is 0.333. The van der Waals surface area contributed by atoms with Crippen molar-refractivity contribution in [1.82, 2.24) is 10.3 Å². The molecule has 0 spiro atoms. The Morgan fingerprint density at radius 3 is 2.61 bits per heavy atom. The van der Waals surface area contributed by atoms with Gasteiger partial charge in [0.2, 0.25) is 0 Å². The van der Waals surface area contributed by atoms with Gasteiger partial charge in [0.1, 0.15) is 5.56 Å². The molecule has 1 heterocycles. The lowest BCUT2D eigenvalue weighted by atomic mass is 9.80. The number of benzene rings is 1. The topological polar surface area (TPSA) is 82.2 Å². The zero-order chi connectivity index (χ0) is 16.4. The van der Waals surface area contributed by atoms with Crippen molar-refractivity contribution in [3.8, 4) is 11.1 Å². The molecule has 0 radical (unpaired) electrons. The van der Waals surface area contributed by atoms with E-state index in [4.69, 9.17) is 0 Å². The molecule has 5 nitrogen and oxygen atoms in total. The van der Waals surface area contributed by atoms with Crippen molar-refractivity contribution >= 4 is 5.91 Å². The maximum absolute atomic E-state index is 12.3. The second kappa shape index (κ2) is 6.01. The van der Waals surface area contributed by atoms with Crippen LogP contribution in [0, 0.1) is 6.92 Å². The van der Waals surface area contributed by atoms with Crippen molar-refractivity contribution in [2.75, 3.05) is 6.54 Å². The lowest BCUT2D eigenvalue weighted by Gasteiger charge is -2.36. The summed E-state index contributed by atoms with van der Waals surface area (Å²) in [4.78, 5) is 27.1. The van der Waals surface area contributed by atoms with Crippen molar-refractivity contribution < 1.29 is 9.90 Å². The molecule has 0 aliphatic heterocycles. The van der Waals surface area contributed by atoms with Crippen molar-refractivity contribution in [2.45, 2.75) is 31.8 Å². The molecule has 2 aromatic rings. The SMILES string of the molecule is Cc1[nH]c(=O)c(C(=O)NCC2(O)CCC2)cc1-c1ccccc1. The third kappa shape index (κ3) is 3.19. The number of hydrogen-bond donors (Lipinski definition) is 3. The Labute approximate surface area is 134 Å². The summed E-state index contributed by atoms with van der Waals surface area (Å²) in [6.45, 7) is 1.99. The van der Waals surface area contributed by atoms with Crippen molar-refractivity contribution in [3.63, 3.8) is 0 Å². The first-order valence-corrected chi connectivity index (χ1v) is 7.78. The number of H-pyrrole nitrogens is 1. The Hall–Kier alpha value is -2.40. The Balaban J connectivity index is 1.87. The molecule has 1 aliphatic carbocycles. The van der Waals surface area contributed by atoms with Crippen LogP contribution >= 0.6 is 0 Å². The van der Waals surface area contributed by atoms with Crippen LogP contribution in [0.25, 0.3) is 11.1 Å². The zero-order valence-electron chi connectivity index (χ0n) is 13.1. The monoisotopic (exact) mass is 312 g/mol. The predicted molar refractivity (Wildman–Crippen MR) is 88.4 cm³/mol. The van der Waals surface area contributed by atoms with Crippen LogP contribution < -0.4 is 10.9 Å². The predicted octanol–water partition coefficient (Wildman–Crippen LogP) is 2.00. The zero-order valence-corrected chi connectivity index (χ0v) is 13.1. The van der Waals surface area contributed by atoms with Gasteiger partial charge in [-0.3, -0.25) is 9.59 Å². The molecule has 3 rings (SSSR count). The van der Waals surface area contributed by atoms with Gasteiger partial charge in [-0.15, -0.1) is 0 Å². The molecule has 3 N–H and O–H groups in total. The molecule has 0 atom stereocenters. The lowest BCUT2D eigenvalue weighted by Crippen LogP contribution is -2.48. The molecular weight excluding hydrogens is 292 g/mol. The van der Waals surface area contributed by atoms with Gasteiger partial charge in [0, 0.05) is 17.8 Å². The highest BCUT2D eigenvalue weighted by Crippen LogP contribution is 2.30. The molecule has 0 bridgehead atoms. The van der Waals surface area contributed by atoms with Gasteiger partial charge in [0.25, 0.3) is 11.5 Å². The summed E-state index contributed by atoms with van der Waals surface area (Å²) in [5.74, 6) is -0.455. The molecule has 120 valence electrons. The number of aromatic amines is 1. The molecule has 0 unspecified atom stereocenters. The summed E-state index contributed by atoms with van der Waals surface area (Å²) in [5.41, 5.74) is 1.31. The second-order valence-corrected chi connectivity index (χ2v) is 6.18. The van der Waals surface area contributed by atoms with E-state index in [1.165, 1.54) is 0 Å². The Kier molecular flexibility index (Phi) is 4.05. The molecule has 0 saturated heterocycles. The minimum Gasteiger partial charge on any atom is -0.388 e. The Morgan fingerprint density at radius 1 is 1.30 bits per heavy atom. The fourth-order valence-electron chi connectivity index (χ4n) is 2.81. The number of pyridine rings is 1. The maximum Gasteiger partial charge on any atom is 0.261 e. The average molecular weight is 312 g/mol. The van der Waals surface area contributed by atoms with E-state index in [1.807, 2.05) is 37.3 Å². The number of nitrogens with one attached hydrogen (secondary N) is 2. The van der Waals surface area contributed by atoms with Gasteiger partial charge in [-0.25, -0.2) is 0 Å². The van der Waals surface area contributed by atoms with Crippen LogP contribution in [0.4, 0.5) is 0 Å². The van der Waals surface area contributed by atoms with Crippen LogP contribution in [0.15, 0.2) is 41.2 Å². The maximum atomic E-state index is 12.3. The van der Waals surface area contributed by atoms with Crippen LogP contribution in [0.1, 0.15) is 35.3 Å². The van der Waals surface area contributed by atoms with E-state index in [9.17, 15) is 14.7 Å². The van der Waals surface area contributed by atoms with Gasteiger partial charge < -0.3 is 15.4 Å². The first-order chi connectivity index (χ1) is 11.0. The number of aromatic nitrogens is 1. The number of rotatable bonds is 4. The van der Waals surface area contributed by atoms with E-state index in [2.05, 4.69) is 10.3 Å². The Bertz CT molecular complexity index is 777. The standard InChI is InChI=1S/C18H20N2O3/c1-12-14(13-6-3-2-4-7-13)10-15(17(22)20-12)16(21)19-11-18(23)8-5-9-18/h2-4,6-7,10,23H,5,8-9,11H2,1H3,(H,19,21)(H,20,22). The molecule has 1 aliphatic rings. The van der Waals surface area contributed by atoms with Gasteiger partial charge in [0.15, 0.2) is 0 Å². The smallest absolute Gasteiger partial charge is 0.261 e. The second-order valence-electron chi connectivity index (χ2n) is 6.18. The molecule has 1 fully saturated rings. The minimum absolute atomic E-state index is 0.0670. The molecule has 1 saturated carbocycles. The summed E-state index contributed by atoms with van der Waals surface area (Å²) < 4.78 is 0. The highest BCUT2D eigenvalue weighted by molar-refractivity contribution is 5.95. The van der Waals surface area contributed by atoms with E-state index in [0.29, 0.717) is 12.8 Å². The highest BCUT2D eigenvalue weighted by atomic mass is 16.3. The molecule has 1 amide bonds. The lowest BCUT2D eigenvalue weighted by molar-refractivity contribution is -0.0300. The first-order valence-electron chi connectivity index (χ1n) is 7.78. The largest absolute Gasteiger partial charge is 0.388 e. The first kappa shape index (κ1) is 15.5. The van der Waals surface area contributed by atoms with Crippen LogP contribution in [-0.4, -0.2) is 28.1 Å². The number of hydrogen-bond acceptors (Lipinski definition) is 3. The van der Waals surface area contributed by atoms with E-state index < -0.39 is 17.1 Å². The summed E-state index contributed by atoms with van der Waals surface area (Å²) in [5, 5.41) is 12.7. The Morgan fingerprint density at radius 2 is 2.00 bits per heavy atom. The highest BCUT2D eigenvalue weighted by Gasteiger charge is 2.34. The number of aryl methyl sites for hydroxylation is 1. The summed E-state index contributed by atoms with van der Waals surface area (Å²) in [7, 11) is 0. The van der Waals surface area contributed by atoms with Gasteiger partial charge in [-0.05, 0) is 37.8 Å². The molecule has 1 aromatic carbocycles. The normalized spacial score (nSPS) is 15.7. The van der Waals surface area contributed by atoms with E-state index in [-0.39, 0.29) is 12.1 Å². The van der Waals surface area contributed by atoms with Crippen LogP contribution in [0.2, 0.25) is 0 Å². The van der Waals surface area contributed by atoms with Gasteiger partial charge in [-0.1, -0.05) is 30.3 Å². The molecular formula is C18H20N2O3. The third-order valence-corrected chi connectivity index (χ3v) is 4.43. The van der Waals surface area contributed by atoms with E-state index in [1.54, 1.807) is 6.07 Å². The van der Waals surface area contributed by atoms with Crippen LogP contribution in [0.3, 0.4) is 0 Å². The summed E-state index contributed by atoms with van der Waals surface area (Å²) >= 11 is 0. The van der Waals surface area contributed by atoms with Gasteiger partial charge in [0.05, 0.1) is 5.60 Å². The van der Waals surface area contributed by atoms with E-state index in [0.717, 1.165) is 23.2 Å². The fourth-order valence-corrected chi connectivity index (χ4v) is 2.81. The van der Waals surface area contributed by atoms with E-state index >= 15 is 0 Å². The number of amides is 1. The molecule has 5 heteroatoms. The van der Waals surface area contributed by atoms with Gasteiger partial charge in [-0.2, -0.15) is 0 Å². The van der Waals surface area contributed by atoms with Crippen molar-refractivity contribution in [3.05, 3.63) is 58.0 Å². The summed E-state index contributed by atoms with van der Waals surface area (Å²) in [6.07, 6.45) is 2.34. The number of aliphatic hydroxyl groups is 1. The third-order valence-electron chi connectivity index (χ3n) is 4.43. The van der Waals surface area contributed by atoms with Crippen LogP contribution in [0.5, 0.6) is 0 Å². The van der Waals surface area contributed by atoms with Gasteiger partial charge >= 0.3 is 0 Å². The quantitative estimate of drug-likeness (QED) is 0.807. The van der Waals surface area contributed by atoms with Crippen molar-refractivity contribution in [2.24, 2.45) is 0 Å². The number of carbonyl (C=O) groups is 1. The van der Waals surface area contributed by atoms with Crippen LogP contribution in [-0.2, 0) is 0 Å². The average Bonchev–Trinajstić information content (AvgIpc) is 2.52. The minimum atomic E-state index is -0.810. The number of carbonyl (C=O) groups excluding carboxylic acids is 1.